The van der Waals surface area contributed by atoms with Gasteiger partial charge in [-0.05, 0) is 12.3 Å². The average molecular weight is 251 g/mol. The van der Waals surface area contributed by atoms with Crippen molar-refractivity contribution in [3.63, 3.8) is 0 Å². The molecule has 0 fully saturated rings. The summed E-state index contributed by atoms with van der Waals surface area (Å²) >= 11 is 7.22. The van der Waals surface area contributed by atoms with E-state index in [4.69, 9.17) is 16.9 Å². The quantitative estimate of drug-likeness (QED) is 0.613. The summed E-state index contributed by atoms with van der Waals surface area (Å²) in [6.45, 7) is 1.93. The molecule has 0 aliphatic carbocycles. The van der Waals surface area contributed by atoms with Crippen LogP contribution in [0.25, 0.3) is 5.57 Å². The minimum absolute atomic E-state index is 0.325. The monoisotopic (exact) mass is 250 g/mol. The van der Waals surface area contributed by atoms with E-state index in [2.05, 4.69) is 21.4 Å². The first-order valence-corrected chi connectivity index (χ1v) is 5.69. The molecule has 80 valence electrons. The van der Waals surface area contributed by atoms with Crippen molar-refractivity contribution < 1.29 is 0 Å². The summed E-state index contributed by atoms with van der Waals surface area (Å²) in [5.74, 6) is 0. The van der Waals surface area contributed by atoms with Gasteiger partial charge in [0.2, 0.25) is 0 Å². The van der Waals surface area contributed by atoms with Crippen molar-refractivity contribution in [1.29, 1.82) is 5.26 Å². The largest absolute Gasteiger partial charge is 0.352 e. The number of nitrogens with zero attached hydrogens (tertiary/aromatic N) is 3. The van der Waals surface area contributed by atoms with E-state index in [-0.39, 0.29) is 0 Å². The summed E-state index contributed by atoms with van der Waals surface area (Å²) in [7, 11) is 0. The van der Waals surface area contributed by atoms with Gasteiger partial charge >= 0.3 is 0 Å². The predicted molar refractivity (Wildman–Crippen MR) is 64.1 cm³/mol. The average Bonchev–Trinajstić information content (AvgIpc) is 2.66. The van der Waals surface area contributed by atoms with E-state index in [9.17, 15) is 0 Å². The van der Waals surface area contributed by atoms with Crippen LogP contribution in [0.4, 0.5) is 0 Å². The molecule has 1 aliphatic heterocycles. The normalized spacial score (nSPS) is 17.4. The molecule has 4 nitrogen and oxygen atoms in total. The molecule has 1 N–H and O–H groups in total. The van der Waals surface area contributed by atoms with Gasteiger partial charge in [0.25, 0.3) is 0 Å². The van der Waals surface area contributed by atoms with Crippen molar-refractivity contribution in [3.05, 3.63) is 39.4 Å². The summed E-state index contributed by atoms with van der Waals surface area (Å²) in [6.07, 6.45) is 1.34. The fraction of sp³-hybridized carbons (Fsp3) is 0.100. The number of rotatable bonds is 1. The Hall–Kier alpha value is -1.51. The number of thioether (sulfide) groups is 1. The Morgan fingerprint density at radius 2 is 2.38 bits per heavy atom. The highest BCUT2D eigenvalue weighted by molar-refractivity contribution is 8.06. The van der Waals surface area contributed by atoms with E-state index in [0.717, 1.165) is 10.7 Å². The van der Waals surface area contributed by atoms with Gasteiger partial charge in [0, 0.05) is 11.8 Å². The van der Waals surface area contributed by atoms with Gasteiger partial charge in [-0.3, -0.25) is 0 Å². The van der Waals surface area contributed by atoms with Crippen LogP contribution in [0.3, 0.4) is 0 Å². The van der Waals surface area contributed by atoms with Gasteiger partial charge < -0.3 is 5.32 Å². The smallest absolute Gasteiger partial charge is 0.133 e. The SMILES string of the molecule is CC1=CS/C(=C(/C#N)c2cc(Cl)ncn2)N1. The standard InChI is InChI=1S/C10H7ClN4S/c1-6-4-16-10(15-6)7(3-12)8-2-9(11)14-5-13-8/h2,4-5,15H,1H3/b10-7-. The number of halogens is 1. The number of allylic oxidation sites excluding steroid dienone is 2. The van der Waals surface area contributed by atoms with Crippen molar-refractivity contribution in [2.24, 2.45) is 0 Å². The van der Waals surface area contributed by atoms with Crippen LogP contribution in [0.5, 0.6) is 0 Å². The van der Waals surface area contributed by atoms with Crippen molar-refractivity contribution in [2.45, 2.75) is 6.92 Å². The van der Waals surface area contributed by atoms with Gasteiger partial charge in [-0.2, -0.15) is 5.26 Å². The van der Waals surface area contributed by atoms with Crippen LogP contribution in [0.1, 0.15) is 12.6 Å². The zero-order valence-corrected chi connectivity index (χ0v) is 9.93. The van der Waals surface area contributed by atoms with Crippen LogP contribution in [0.15, 0.2) is 28.5 Å². The molecule has 0 saturated carbocycles. The van der Waals surface area contributed by atoms with Crippen molar-refractivity contribution in [2.75, 3.05) is 0 Å². The molecule has 6 heteroatoms. The Morgan fingerprint density at radius 1 is 1.56 bits per heavy atom. The van der Waals surface area contributed by atoms with Gasteiger partial charge in [-0.15, -0.1) is 0 Å². The number of nitrogens with one attached hydrogen (secondary N) is 1. The van der Waals surface area contributed by atoms with Crippen molar-refractivity contribution in [3.8, 4) is 6.07 Å². The third-order valence-electron chi connectivity index (χ3n) is 1.89. The molecule has 0 saturated heterocycles. The number of nitriles is 1. The Labute approximate surface area is 102 Å². The molecule has 2 rings (SSSR count). The molecular weight excluding hydrogens is 244 g/mol. The van der Waals surface area contributed by atoms with E-state index in [1.807, 2.05) is 12.3 Å². The molecule has 0 radical (unpaired) electrons. The molecule has 0 unspecified atom stereocenters. The first-order valence-electron chi connectivity index (χ1n) is 4.43. The molecular formula is C10H7ClN4S. The highest BCUT2D eigenvalue weighted by Gasteiger charge is 2.15. The highest BCUT2D eigenvalue weighted by atomic mass is 35.5. The Morgan fingerprint density at radius 3 is 2.94 bits per heavy atom. The lowest BCUT2D eigenvalue weighted by Gasteiger charge is -2.04. The summed E-state index contributed by atoms with van der Waals surface area (Å²) < 4.78 is 0. The van der Waals surface area contributed by atoms with E-state index in [1.54, 1.807) is 6.07 Å². The predicted octanol–water partition coefficient (Wildman–Crippen LogP) is 2.52. The van der Waals surface area contributed by atoms with E-state index in [1.165, 1.54) is 18.1 Å². The van der Waals surface area contributed by atoms with Gasteiger partial charge in [-0.25, -0.2) is 9.97 Å². The molecule has 0 amide bonds. The Balaban J connectivity index is 2.42. The minimum Gasteiger partial charge on any atom is -0.352 e. The molecule has 0 atom stereocenters. The van der Waals surface area contributed by atoms with Crippen LogP contribution in [0, 0.1) is 11.3 Å². The lowest BCUT2D eigenvalue weighted by molar-refractivity contribution is 1.06. The van der Waals surface area contributed by atoms with E-state index < -0.39 is 0 Å². The highest BCUT2D eigenvalue weighted by Crippen LogP contribution is 2.30. The van der Waals surface area contributed by atoms with Gasteiger partial charge in [0.15, 0.2) is 0 Å². The topological polar surface area (TPSA) is 61.6 Å². The first-order chi connectivity index (χ1) is 7.70. The van der Waals surface area contributed by atoms with Gasteiger partial charge in [0.05, 0.1) is 10.7 Å². The van der Waals surface area contributed by atoms with Crippen molar-refractivity contribution in [1.82, 2.24) is 15.3 Å². The second kappa shape index (κ2) is 4.56. The zero-order valence-electron chi connectivity index (χ0n) is 8.36. The molecule has 1 aromatic heterocycles. The summed E-state index contributed by atoms with van der Waals surface area (Å²) in [6, 6.07) is 3.69. The lowest BCUT2D eigenvalue weighted by atomic mass is 10.2. The van der Waals surface area contributed by atoms with Crippen LogP contribution in [-0.4, -0.2) is 9.97 Å². The summed E-state index contributed by atoms with van der Waals surface area (Å²) in [4.78, 5) is 7.81. The van der Waals surface area contributed by atoms with E-state index in [0.29, 0.717) is 16.4 Å². The van der Waals surface area contributed by atoms with Gasteiger partial charge in [-0.1, -0.05) is 23.4 Å². The van der Waals surface area contributed by atoms with Crippen LogP contribution < -0.4 is 5.32 Å². The summed E-state index contributed by atoms with van der Waals surface area (Å²) in [5.41, 5.74) is 2.01. The molecule has 16 heavy (non-hydrogen) atoms. The second-order valence-electron chi connectivity index (χ2n) is 3.09. The molecule has 1 aromatic rings. The Bertz CT molecular complexity index is 530. The third kappa shape index (κ3) is 2.18. The Kier molecular flexibility index (Phi) is 3.13. The number of aromatic nitrogens is 2. The van der Waals surface area contributed by atoms with Crippen molar-refractivity contribution >= 4 is 28.9 Å². The number of hydrogen-bond donors (Lipinski definition) is 1. The maximum atomic E-state index is 9.13. The maximum absolute atomic E-state index is 9.13. The molecule has 0 aromatic carbocycles. The fourth-order valence-corrected chi connectivity index (χ4v) is 2.19. The molecule has 2 heterocycles. The number of hydrogen-bond acceptors (Lipinski definition) is 5. The first kappa shape index (κ1) is 11.0. The van der Waals surface area contributed by atoms with Crippen LogP contribution in [0.2, 0.25) is 5.15 Å². The third-order valence-corrected chi connectivity index (χ3v) is 3.11. The fourth-order valence-electron chi connectivity index (χ4n) is 1.20. The van der Waals surface area contributed by atoms with Crippen LogP contribution >= 0.6 is 23.4 Å². The zero-order chi connectivity index (χ0) is 11.5. The summed E-state index contributed by atoms with van der Waals surface area (Å²) in [5, 5.41) is 15.3. The molecule has 1 aliphatic rings. The molecule has 0 bridgehead atoms. The van der Waals surface area contributed by atoms with E-state index >= 15 is 0 Å². The minimum atomic E-state index is 0.325. The maximum Gasteiger partial charge on any atom is 0.133 e. The van der Waals surface area contributed by atoms with Crippen LogP contribution in [-0.2, 0) is 0 Å². The molecule has 0 spiro atoms. The second-order valence-corrected chi connectivity index (χ2v) is 4.35. The lowest BCUT2D eigenvalue weighted by Crippen LogP contribution is -2.05. The van der Waals surface area contributed by atoms with Gasteiger partial charge in [0.1, 0.15) is 23.1 Å².